The Kier molecular flexibility index (Phi) is 3.72. The van der Waals surface area contributed by atoms with Crippen molar-refractivity contribution in [2.75, 3.05) is 5.32 Å². The lowest BCUT2D eigenvalue weighted by Gasteiger charge is -2.07. The van der Waals surface area contributed by atoms with Gasteiger partial charge in [0.15, 0.2) is 5.69 Å². The van der Waals surface area contributed by atoms with Gasteiger partial charge in [-0.2, -0.15) is 5.10 Å². The fourth-order valence-electron chi connectivity index (χ4n) is 3.27. The minimum atomic E-state index is -0.238. The van der Waals surface area contributed by atoms with E-state index in [4.69, 9.17) is 11.6 Å². The zero-order valence-corrected chi connectivity index (χ0v) is 15.1. The third-order valence-corrected chi connectivity index (χ3v) is 5.08. The van der Waals surface area contributed by atoms with Crippen LogP contribution in [0.3, 0.4) is 0 Å². The van der Waals surface area contributed by atoms with Gasteiger partial charge in [0.25, 0.3) is 5.91 Å². The Hall–Kier alpha value is -3.12. The molecule has 5 rings (SSSR count). The van der Waals surface area contributed by atoms with E-state index in [1.165, 1.54) is 0 Å². The molecule has 1 aliphatic carbocycles. The molecule has 6 nitrogen and oxygen atoms in total. The number of carbonyl (C=O) groups excluding carboxylic acids is 1. The number of fused-ring (bicyclic) bond motifs is 1. The Bertz CT molecular complexity index is 1140. The first kappa shape index (κ1) is 16.1. The van der Waals surface area contributed by atoms with E-state index in [-0.39, 0.29) is 5.91 Å². The molecule has 0 aliphatic heterocycles. The number of H-pyrrole nitrogens is 1. The molecular weight excluding hydrogens is 362 g/mol. The van der Waals surface area contributed by atoms with Gasteiger partial charge in [0, 0.05) is 35.1 Å². The first-order chi connectivity index (χ1) is 13.2. The molecule has 1 aromatic carbocycles. The summed E-state index contributed by atoms with van der Waals surface area (Å²) in [6.45, 7) is 0. The maximum absolute atomic E-state index is 12.9. The van der Waals surface area contributed by atoms with Gasteiger partial charge in [0.05, 0.1) is 16.7 Å². The van der Waals surface area contributed by atoms with Gasteiger partial charge in [-0.05, 0) is 37.1 Å². The predicted molar refractivity (Wildman–Crippen MR) is 104 cm³/mol. The molecule has 0 unspecified atom stereocenters. The van der Waals surface area contributed by atoms with E-state index in [0.29, 0.717) is 22.3 Å². The number of carbonyl (C=O) groups is 1. The Morgan fingerprint density at radius 3 is 2.89 bits per heavy atom. The second kappa shape index (κ2) is 6.25. The summed E-state index contributed by atoms with van der Waals surface area (Å²) in [7, 11) is 0. The zero-order valence-electron chi connectivity index (χ0n) is 14.3. The predicted octanol–water partition coefficient (Wildman–Crippen LogP) is 4.51. The van der Waals surface area contributed by atoms with Crippen LogP contribution in [0.4, 0.5) is 5.69 Å². The average Bonchev–Trinajstić information content (AvgIpc) is 3.23. The lowest BCUT2D eigenvalue weighted by atomic mass is 10.1. The maximum Gasteiger partial charge on any atom is 0.276 e. The lowest BCUT2D eigenvalue weighted by Crippen LogP contribution is -2.13. The normalized spacial score (nSPS) is 13.8. The van der Waals surface area contributed by atoms with Gasteiger partial charge in [-0.3, -0.25) is 9.89 Å². The molecule has 2 N–H and O–H groups in total. The average molecular weight is 378 g/mol. The number of anilines is 1. The molecule has 0 atom stereocenters. The molecule has 0 saturated heterocycles. The second-order valence-electron chi connectivity index (χ2n) is 6.68. The molecule has 1 saturated carbocycles. The number of aromatic nitrogens is 4. The Morgan fingerprint density at radius 2 is 2.15 bits per heavy atom. The van der Waals surface area contributed by atoms with Crippen LogP contribution in [0.1, 0.15) is 35.1 Å². The number of hydrogen-bond acceptors (Lipinski definition) is 3. The third kappa shape index (κ3) is 2.88. The monoisotopic (exact) mass is 377 g/mol. The Morgan fingerprint density at radius 1 is 1.26 bits per heavy atom. The van der Waals surface area contributed by atoms with Gasteiger partial charge in [-0.15, -0.1) is 0 Å². The topological polar surface area (TPSA) is 75.1 Å². The minimum absolute atomic E-state index is 0.238. The van der Waals surface area contributed by atoms with Gasteiger partial charge >= 0.3 is 0 Å². The van der Waals surface area contributed by atoms with Gasteiger partial charge in [0.1, 0.15) is 5.82 Å². The summed E-state index contributed by atoms with van der Waals surface area (Å²) in [6, 6.07) is 11.2. The van der Waals surface area contributed by atoms with Crippen molar-refractivity contribution in [1.82, 2.24) is 19.6 Å². The highest BCUT2D eigenvalue weighted by molar-refractivity contribution is 6.33. The number of nitrogens with one attached hydrogen (secondary N) is 2. The van der Waals surface area contributed by atoms with E-state index in [0.717, 1.165) is 35.3 Å². The summed E-state index contributed by atoms with van der Waals surface area (Å²) in [4.78, 5) is 17.5. The molecular formula is C20H16ClN5O. The Labute approximate surface area is 160 Å². The van der Waals surface area contributed by atoms with E-state index in [1.807, 2.05) is 40.9 Å². The van der Waals surface area contributed by atoms with Crippen molar-refractivity contribution in [1.29, 1.82) is 0 Å². The van der Waals surface area contributed by atoms with Gasteiger partial charge in [0.2, 0.25) is 0 Å². The number of amides is 1. The van der Waals surface area contributed by atoms with Crippen LogP contribution in [0.15, 0.2) is 55.0 Å². The van der Waals surface area contributed by atoms with Crippen LogP contribution in [0.2, 0.25) is 5.02 Å². The van der Waals surface area contributed by atoms with Crippen molar-refractivity contribution >= 4 is 28.7 Å². The molecule has 134 valence electrons. The Balaban J connectivity index is 1.46. The van der Waals surface area contributed by atoms with Crippen LogP contribution in [0, 0.1) is 0 Å². The van der Waals surface area contributed by atoms with E-state index in [1.54, 1.807) is 18.5 Å². The van der Waals surface area contributed by atoms with Crippen molar-refractivity contribution in [2.24, 2.45) is 0 Å². The van der Waals surface area contributed by atoms with E-state index in [9.17, 15) is 4.79 Å². The smallest absolute Gasteiger partial charge is 0.276 e. The van der Waals surface area contributed by atoms with Crippen molar-refractivity contribution in [3.8, 4) is 11.1 Å². The third-order valence-electron chi connectivity index (χ3n) is 4.77. The maximum atomic E-state index is 12.9. The summed E-state index contributed by atoms with van der Waals surface area (Å²) < 4.78 is 2.02. The largest absolute Gasteiger partial charge is 0.321 e. The highest BCUT2D eigenvalue weighted by Crippen LogP contribution is 2.40. The summed E-state index contributed by atoms with van der Waals surface area (Å²) in [5.74, 6) is 1.17. The van der Waals surface area contributed by atoms with Gasteiger partial charge in [-0.1, -0.05) is 23.7 Å². The van der Waals surface area contributed by atoms with E-state index < -0.39 is 0 Å². The van der Waals surface area contributed by atoms with Crippen molar-refractivity contribution < 1.29 is 4.79 Å². The molecule has 7 heteroatoms. The molecule has 0 bridgehead atoms. The first-order valence-electron chi connectivity index (χ1n) is 8.78. The number of halogens is 1. The first-order valence-corrected chi connectivity index (χ1v) is 9.15. The van der Waals surface area contributed by atoms with Crippen molar-refractivity contribution in [2.45, 2.75) is 18.8 Å². The van der Waals surface area contributed by atoms with Crippen LogP contribution in [0.25, 0.3) is 16.6 Å². The fraction of sp³-hybridized carbons (Fsp3) is 0.150. The highest BCUT2D eigenvalue weighted by atomic mass is 35.5. The number of nitrogens with zero attached hydrogens (tertiary/aromatic N) is 3. The second-order valence-corrected chi connectivity index (χ2v) is 7.09. The lowest BCUT2D eigenvalue weighted by molar-refractivity contribution is 0.102. The molecule has 1 aliphatic rings. The fourth-order valence-corrected chi connectivity index (χ4v) is 3.56. The number of aromatic amines is 1. The molecule has 0 radical (unpaired) electrons. The quantitative estimate of drug-likeness (QED) is 0.549. The van der Waals surface area contributed by atoms with Crippen LogP contribution in [0.5, 0.6) is 0 Å². The molecule has 1 amide bonds. The van der Waals surface area contributed by atoms with Crippen LogP contribution in [-0.4, -0.2) is 25.5 Å². The summed E-state index contributed by atoms with van der Waals surface area (Å²) in [5, 5.41) is 10.2. The molecule has 1 fully saturated rings. The number of rotatable bonds is 4. The zero-order chi connectivity index (χ0) is 18.4. The van der Waals surface area contributed by atoms with E-state index >= 15 is 0 Å². The van der Waals surface area contributed by atoms with Crippen LogP contribution in [-0.2, 0) is 0 Å². The molecule has 3 heterocycles. The molecule has 0 spiro atoms. The molecule has 4 aromatic rings. The molecule has 27 heavy (non-hydrogen) atoms. The summed E-state index contributed by atoms with van der Waals surface area (Å²) in [5.41, 5.74) is 3.63. The van der Waals surface area contributed by atoms with Crippen molar-refractivity contribution in [3.05, 3.63) is 71.5 Å². The number of pyridine rings is 1. The summed E-state index contributed by atoms with van der Waals surface area (Å²) >= 11 is 6.39. The van der Waals surface area contributed by atoms with Crippen LogP contribution >= 0.6 is 11.6 Å². The van der Waals surface area contributed by atoms with Gasteiger partial charge < -0.3 is 9.72 Å². The minimum Gasteiger partial charge on any atom is -0.321 e. The van der Waals surface area contributed by atoms with E-state index in [2.05, 4.69) is 20.5 Å². The summed E-state index contributed by atoms with van der Waals surface area (Å²) in [6.07, 6.45) is 7.69. The highest BCUT2D eigenvalue weighted by Gasteiger charge is 2.30. The SMILES string of the molecule is O=C(Nc1ccc(-c2cn[nH]c2)c(Cl)c1)c1nc(C2CC2)n2ccccc12. The standard InChI is InChI=1S/C20H16ClN5O/c21-16-9-14(6-7-15(16)13-10-22-23-11-13)24-20(27)18-17-3-1-2-8-26(17)19(25-18)12-4-5-12/h1-3,6-12H,4-5H2,(H,22,23)(H,24,27). The van der Waals surface area contributed by atoms with Crippen molar-refractivity contribution in [3.63, 3.8) is 0 Å². The van der Waals surface area contributed by atoms with Crippen LogP contribution < -0.4 is 5.32 Å². The number of hydrogen-bond donors (Lipinski definition) is 2. The molecule has 3 aromatic heterocycles. The number of benzene rings is 1. The number of imidazole rings is 1. The van der Waals surface area contributed by atoms with Gasteiger partial charge in [-0.25, -0.2) is 4.98 Å².